The average Bonchev–Trinajstić information content (AvgIpc) is 3.18. The largest absolute Gasteiger partial charge is 0.244 e. The highest BCUT2D eigenvalue weighted by molar-refractivity contribution is 9.10. The van der Waals surface area contributed by atoms with E-state index in [1.807, 2.05) is 6.08 Å². The minimum Gasteiger partial charge on any atom is -0.244 e. The van der Waals surface area contributed by atoms with Crippen molar-refractivity contribution in [3.8, 4) is 17.2 Å². The third-order valence-corrected chi connectivity index (χ3v) is 12.2. The lowest BCUT2D eigenvalue weighted by Gasteiger charge is -2.59. The fourth-order valence-corrected chi connectivity index (χ4v) is 10.2. The van der Waals surface area contributed by atoms with Crippen molar-refractivity contribution >= 4 is 27.7 Å². The first kappa shape index (κ1) is 24.7. The molecule has 3 saturated carbocycles. The van der Waals surface area contributed by atoms with Crippen molar-refractivity contribution in [2.45, 2.75) is 82.1 Å². The number of thioether (sulfide) groups is 1. The Morgan fingerprint density at radius 1 is 1.17 bits per heavy atom. The molecule has 0 bridgehead atoms. The van der Waals surface area contributed by atoms with Gasteiger partial charge in [-0.2, -0.15) is 5.26 Å². The first-order valence-electron chi connectivity index (χ1n) is 13.9. The third-order valence-electron chi connectivity index (χ3n) is 10.8. The van der Waals surface area contributed by atoms with Crippen LogP contribution < -0.4 is 0 Å². The van der Waals surface area contributed by atoms with Gasteiger partial charge in [-0.1, -0.05) is 60.8 Å². The summed E-state index contributed by atoms with van der Waals surface area (Å²) in [6.07, 6.45) is 14.1. The summed E-state index contributed by atoms with van der Waals surface area (Å²) < 4.78 is 1.06. The second kappa shape index (κ2) is 9.32. The molecule has 1 aromatic carbocycles. The van der Waals surface area contributed by atoms with E-state index < -0.39 is 0 Å². The van der Waals surface area contributed by atoms with Gasteiger partial charge in [0.25, 0.3) is 0 Å². The van der Waals surface area contributed by atoms with Gasteiger partial charge in [-0.05, 0) is 97.3 Å². The van der Waals surface area contributed by atoms with E-state index in [1.165, 1.54) is 62.6 Å². The smallest absolute Gasteiger partial charge is 0.115 e. The van der Waals surface area contributed by atoms with Crippen molar-refractivity contribution in [3.63, 3.8) is 0 Å². The molecule has 0 unspecified atom stereocenters. The van der Waals surface area contributed by atoms with Gasteiger partial charge in [0.1, 0.15) is 11.1 Å². The van der Waals surface area contributed by atoms with Crippen molar-refractivity contribution in [1.29, 1.82) is 5.26 Å². The summed E-state index contributed by atoms with van der Waals surface area (Å²) in [4.78, 5) is 5.34. The van der Waals surface area contributed by atoms with Gasteiger partial charge >= 0.3 is 0 Å². The number of nitriles is 1. The molecule has 1 aromatic heterocycles. The summed E-state index contributed by atoms with van der Waals surface area (Å²) in [5.41, 5.74) is 6.31. The van der Waals surface area contributed by atoms with Crippen LogP contribution in [0.4, 0.5) is 0 Å². The molecule has 6 rings (SSSR count). The van der Waals surface area contributed by atoms with Gasteiger partial charge in [0.05, 0.1) is 11.3 Å². The number of nitrogens with zero attached hydrogens (tertiary/aromatic N) is 2. The summed E-state index contributed by atoms with van der Waals surface area (Å²) in [6.45, 7) is 9.09. The lowest BCUT2D eigenvalue weighted by molar-refractivity contribution is -0.0908. The standard InChI is InChI=1S/C32H37BrN2S/c1-4-16-36-30-25(19-34)28(20-8-7-10-22(33)17-20)24-18-27-23-12-11-21-9-5-6-14-31(21,2)26(23)13-15-32(27,3)29(24)35-30/h4,7-8,10,17,21,23,26-27H,1,5-6,9,11-16,18H2,2-3H3/t21-,23+,26+,27+,31-,32-/m0/s1. The van der Waals surface area contributed by atoms with E-state index in [-0.39, 0.29) is 5.41 Å². The molecule has 0 amide bonds. The van der Waals surface area contributed by atoms with E-state index in [1.54, 1.807) is 11.8 Å². The van der Waals surface area contributed by atoms with Crippen LogP contribution in [0.3, 0.4) is 0 Å². The molecule has 0 spiro atoms. The molecule has 2 aromatic rings. The van der Waals surface area contributed by atoms with E-state index in [0.717, 1.165) is 56.1 Å². The number of rotatable bonds is 4. The van der Waals surface area contributed by atoms with Crippen LogP contribution in [-0.4, -0.2) is 10.7 Å². The predicted molar refractivity (Wildman–Crippen MR) is 153 cm³/mol. The Bertz CT molecular complexity index is 1250. The van der Waals surface area contributed by atoms with Gasteiger partial charge in [-0.15, -0.1) is 18.3 Å². The molecular weight excluding hydrogens is 524 g/mol. The maximum Gasteiger partial charge on any atom is 0.115 e. The van der Waals surface area contributed by atoms with Crippen LogP contribution in [0.25, 0.3) is 11.1 Å². The van der Waals surface area contributed by atoms with Crippen molar-refractivity contribution in [2.75, 3.05) is 5.75 Å². The Kier molecular flexibility index (Phi) is 6.41. The average molecular weight is 562 g/mol. The summed E-state index contributed by atoms with van der Waals surface area (Å²) in [5, 5.41) is 11.3. The first-order chi connectivity index (χ1) is 17.4. The highest BCUT2D eigenvalue weighted by atomic mass is 79.9. The molecule has 4 aliphatic carbocycles. The molecular formula is C32H37BrN2S. The van der Waals surface area contributed by atoms with E-state index in [0.29, 0.717) is 11.3 Å². The number of pyridine rings is 1. The highest BCUT2D eigenvalue weighted by Gasteiger charge is 2.59. The zero-order valence-electron chi connectivity index (χ0n) is 21.7. The Balaban J connectivity index is 1.49. The van der Waals surface area contributed by atoms with Crippen LogP contribution in [0.5, 0.6) is 0 Å². The minimum atomic E-state index is 0.104. The van der Waals surface area contributed by atoms with Crippen LogP contribution >= 0.6 is 27.7 Å². The van der Waals surface area contributed by atoms with Gasteiger partial charge in [0.15, 0.2) is 0 Å². The third kappa shape index (κ3) is 3.67. The molecule has 188 valence electrons. The van der Waals surface area contributed by atoms with E-state index in [2.05, 4.69) is 66.7 Å². The fourth-order valence-electron chi connectivity index (χ4n) is 9.09. The summed E-state index contributed by atoms with van der Waals surface area (Å²) in [7, 11) is 0. The number of benzene rings is 1. The maximum atomic E-state index is 10.4. The van der Waals surface area contributed by atoms with Crippen molar-refractivity contribution in [1.82, 2.24) is 4.98 Å². The molecule has 4 aliphatic rings. The van der Waals surface area contributed by atoms with Gasteiger partial charge in [0.2, 0.25) is 0 Å². The molecule has 1 heterocycles. The number of aromatic nitrogens is 1. The zero-order valence-corrected chi connectivity index (χ0v) is 24.1. The van der Waals surface area contributed by atoms with Crippen LogP contribution in [0.1, 0.15) is 82.0 Å². The fraction of sp³-hybridized carbons (Fsp3) is 0.562. The number of halogens is 1. The number of fused-ring (bicyclic) bond motifs is 7. The van der Waals surface area contributed by atoms with Crippen molar-refractivity contribution in [3.05, 3.63) is 58.2 Å². The summed E-state index contributed by atoms with van der Waals surface area (Å²) in [6, 6.07) is 11.1. The first-order valence-corrected chi connectivity index (χ1v) is 15.7. The van der Waals surface area contributed by atoms with Crippen LogP contribution in [0, 0.1) is 40.4 Å². The monoisotopic (exact) mass is 560 g/mol. The second-order valence-electron chi connectivity index (χ2n) is 12.3. The van der Waals surface area contributed by atoms with Crippen molar-refractivity contribution in [2.24, 2.45) is 29.1 Å². The normalized spacial score (nSPS) is 34.6. The van der Waals surface area contributed by atoms with Crippen LogP contribution in [-0.2, 0) is 11.8 Å². The second-order valence-corrected chi connectivity index (χ2v) is 14.2. The Morgan fingerprint density at radius 3 is 2.81 bits per heavy atom. The predicted octanol–water partition coefficient (Wildman–Crippen LogP) is 9.11. The van der Waals surface area contributed by atoms with E-state index in [4.69, 9.17) is 4.98 Å². The number of hydrogen-bond acceptors (Lipinski definition) is 3. The molecule has 2 nitrogen and oxygen atoms in total. The molecule has 0 aliphatic heterocycles. The quantitative estimate of drug-likeness (QED) is 0.276. The Morgan fingerprint density at radius 2 is 2.03 bits per heavy atom. The Labute approximate surface area is 229 Å². The van der Waals surface area contributed by atoms with Gasteiger partial charge in [-0.3, -0.25) is 0 Å². The topological polar surface area (TPSA) is 36.7 Å². The summed E-state index contributed by atoms with van der Waals surface area (Å²) >= 11 is 5.35. The zero-order chi connectivity index (χ0) is 25.1. The lowest BCUT2D eigenvalue weighted by atomic mass is 9.45. The molecule has 0 radical (unpaired) electrons. The van der Waals surface area contributed by atoms with Gasteiger partial charge < -0.3 is 0 Å². The SMILES string of the molecule is C=CCSc1nc2c(c(-c3cccc(Br)c3)c1C#N)C[C@@H]1[C@@H]3CC[C@@H]4CCCC[C@]4(C)[C@@H]3CC[C@]21C. The van der Waals surface area contributed by atoms with E-state index in [9.17, 15) is 5.26 Å². The molecule has 0 N–H and O–H groups in total. The molecule has 3 fully saturated rings. The van der Waals surface area contributed by atoms with Crippen molar-refractivity contribution < 1.29 is 0 Å². The molecule has 4 heteroatoms. The molecule has 6 atom stereocenters. The highest BCUT2D eigenvalue weighted by Crippen LogP contribution is 2.66. The molecule has 0 saturated heterocycles. The molecule has 36 heavy (non-hydrogen) atoms. The van der Waals surface area contributed by atoms with E-state index >= 15 is 0 Å². The summed E-state index contributed by atoms with van der Waals surface area (Å²) in [5.74, 6) is 3.97. The number of hydrogen-bond donors (Lipinski definition) is 0. The van der Waals surface area contributed by atoms with Gasteiger partial charge in [-0.25, -0.2) is 4.98 Å². The van der Waals surface area contributed by atoms with Gasteiger partial charge in [0, 0.05) is 21.2 Å². The lowest BCUT2D eigenvalue weighted by Crippen LogP contribution is -2.53. The minimum absolute atomic E-state index is 0.104. The van der Waals surface area contributed by atoms with Crippen LogP contribution in [0.2, 0.25) is 0 Å². The maximum absolute atomic E-state index is 10.4. The van der Waals surface area contributed by atoms with Crippen LogP contribution in [0.15, 0.2) is 46.4 Å². The Hall–Kier alpha value is -1.57.